The quantitative estimate of drug-likeness (QED) is 0.828. The third-order valence-corrected chi connectivity index (χ3v) is 6.66. The lowest BCUT2D eigenvalue weighted by Gasteiger charge is -2.45. The Hall–Kier alpha value is -1.50. The van der Waals surface area contributed by atoms with E-state index in [0.29, 0.717) is 61.1 Å². The van der Waals surface area contributed by atoms with Gasteiger partial charge in [-0.25, -0.2) is 0 Å². The van der Waals surface area contributed by atoms with Crippen molar-refractivity contribution in [3.63, 3.8) is 0 Å². The Morgan fingerprint density at radius 1 is 1.22 bits per heavy atom. The number of benzene rings is 1. The second-order valence-electron chi connectivity index (χ2n) is 7.47. The number of likely N-dealkylation sites (tertiary alicyclic amines) is 1. The van der Waals surface area contributed by atoms with Crippen molar-refractivity contribution >= 4 is 35.0 Å². The van der Waals surface area contributed by atoms with Gasteiger partial charge >= 0.3 is 0 Å². The third kappa shape index (κ3) is 3.50. The molecule has 6 nitrogen and oxygen atoms in total. The maximum atomic E-state index is 12.9. The van der Waals surface area contributed by atoms with E-state index < -0.39 is 6.10 Å². The number of phenolic OH excluding ortho intramolecular Hbond substituents is 1. The maximum Gasteiger partial charge on any atom is 0.253 e. The van der Waals surface area contributed by atoms with Gasteiger partial charge in [0, 0.05) is 25.1 Å². The van der Waals surface area contributed by atoms with Crippen molar-refractivity contribution in [1.82, 2.24) is 9.80 Å². The van der Waals surface area contributed by atoms with Gasteiger partial charge in [-0.3, -0.25) is 9.59 Å². The van der Waals surface area contributed by atoms with Crippen LogP contribution in [-0.4, -0.2) is 65.1 Å². The first kappa shape index (κ1) is 18.8. The molecule has 0 aliphatic carbocycles. The minimum atomic E-state index is -0.581. The number of carbonyl (C=O) groups is 2. The molecule has 1 aromatic rings. The summed E-state index contributed by atoms with van der Waals surface area (Å²) in [5, 5.41) is 11.0. The van der Waals surface area contributed by atoms with E-state index in [2.05, 4.69) is 0 Å². The lowest BCUT2D eigenvalue weighted by Crippen LogP contribution is -2.59. The molecule has 0 bridgehead atoms. The monoisotopic (exact) mass is 412 g/mol. The summed E-state index contributed by atoms with van der Waals surface area (Å²) in [6, 6.07) is 3.08. The van der Waals surface area contributed by atoms with Crippen LogP contribution in [0.4, 0.5) is 0 Å². The Balaban J connectivity index is 1.45. The molecule has 2 amide bonds. The number of halogens is 2. The molecule has 3 saturated heterocycles. The van der Waals surface area contributed by atoms with Crippen LogP contribution in [0.25, 0.3) is 0 Å². The Morgan fingerprint density at radius 3 is 2.78 bits per heavy atom. The summed E-state index contributed by atoms with van der Waals surface area (Å²) >= 11 is 12.4. The fourth-order valence-electron chi connectivity index (χ4n) is 4.42. The van der Waals surface area contributed by atoms with Crippen LogP contribution < -0.4 is 0 Å². The molecular weight excluding hydrogens is 391 g/mol. The van der Waals surface area contributed by atoms with Gasteiger partial charge in [0.1, 0.15) is 5.75 Å². The number of morpholine rings is 1. The zero-order valence-corrected chi connectivity index (χ0v) is 16.4. The number of aromatic hydroxyl groups is 1. The molecule has 27 heavy (non-hydrogen) atoms. The largest absolute Gasteiger partial charge is 0.508 e. The number of phenols is 1. The maximum absolute atomic E-state index is 12.9. The van der Waals surface area contributed by atoms with Crippen molar-refractivity contribution in [1.29, 1.82) is 0 Å². The zero-order valence-electron chi connectivity index (χ0n) is 14.9. The van der Waals surface area contributed by atoms with Crippen molar-refractivity contribution in [2.45, 2.75) is 43.7 Å². The summed E-state index contributed by atoms with van der Waals surface area (Å²) in [5.41, 5.74) is 0.654. The van der Waals surface area contributed by atoms with Crippen molar-refractivity contribution in [3.05, 3.63) is 27.7 Å². The molecule has 8 heteroatoms. The van der Waals surface area contributed by atoms with Crippen molar-refractivity contribution < 1.29 is 19.4 Å². The van der Waals surface area contributed by atoms with Crippen LogP contribution >= 0.6 is 23.2 Å². The van der Waals surface area contributed by atoms with E-state index in [1.807, 2.05) is 4.90 Å². The number of hydrogen-bond acceptors (Lipinski definition) is 4. The van der Waals surface area contributed by atoms with Crippen LogP contribution in [-0.2, 0) is 14.3 Å². The average Bonchev–Trinajstić information content (AvgIpc) is 3.06. The normalized spacial score (nSPS) is 28.6. The van der Waals surface area contributed by atoms with Crippen LogP contribution in [0.15, 0.2) is 12.1 Å². The molecule has 0 aromatic heterocycles. The smallest absolute Gasteiger partial charge is 0.253 e. The number of fused-ring (bicyclic) bond motifs is 1. The van der Waals surface area contributed by atoms with Crippen molar-refractivity contribution in [2.24, 2.45) is 0 Å². The average molecular weight is 413 g/mol. The number of rotatable bonds is 3. The fraction of sp³-hybridized carbons (Fsp3) is 0.579. The van der Waals surface area contributed by atoms with E-state index in [-0.39, 0.29) is 29.5 Å². The number of ether oxygens (including phenoxy) is 1. The number of nitrogens with zero attached hydrogens (tertiary/aromatic N) is 2. The van der Waals surface area contributed by atoms with Gasteiger partial charge in [0.25, 0.3) is 5.91 Å². The topological polar surface area (TPSA) is 70.1 Å². The summed E-state index contributed by atoms with van der Waals surface area (Å²) in [6.07, 6.45) is 2.18. The Bertz CT molecular complexity index is 772. The highest BCUT2D eigenvalue weighted by Crippen LogP contribution is 2.43. The summed E-state index contributed by atoms with van der Waals surface area (Å²) in [7, 11) is 0. The van der Waals surface area contributed by atoms with E-state index in [1.54, 1.807) is 17.0 Å². The Morgan fingerprint density at radius 2 is 2.04 bits per heavy atom. The lowest BCUT2D eigenvalue weighted by molar-refractivity contribution is -0.164. The van der Waals surface area contributed by atoms with Gasteiger partial charge in [0.05, 0.1) is 29.2 Å². The van der Waals surface area contributed by atoms with Gasteiger partial charge in [0.2, 0.25) is 5.91 Å². The summed E-state index contributed by atoms with van der Waals surface area (Å²) in [5.74, 6) is 0.200. The first-order chi connectivity index (χ1) is 13.0. The van der Waals surface area contributed by atoms with Crippen LogP contribution in [0.2, 0.25) is 10.0 Å². The molecule has 3 heterocycles. The minimum absolute atomic E-state index is 0.0190. The summed E-state index contributed by atoms with van der Waals surface area (Å²) in [4.78, 5) is 28.3. The first-order valence-electron chi connectivity index (χ1n) is 9.32. The molecule has 0 spiro atoms. The molecule has 146 valence electrons. The van der Waals surface area contributed by atoms with Crippen LogP contribution in [0.5, 0.6) is 5.75 Å². The number of carbonyl (C=O) groups excluding carboxylic acids is 2. The molecule has 1 N–H and O–H groups in total. The lowest BCUT2D eigenvalue weighted by atomic mass is 9.84. The molecule has 3 fully saturated rings. The second-order valence-corrected chi connectivity index (χ2v) is 8.25. The van der Waals surface area contributed by atoms with Crippen LogP contribution in [0.3, 0.4) is 0 Å². The molecule has 0 radical (unpaired) electrons. The fourth-order valence-corrected chi connectivity index (χ4v) is 4.90. The number of amides is 2. The van der Waals surface area contributed by atoms with Crippen LogP contribution in [0.1, 0.15) is 37.2 Å². The van der Waals surface area contributed by atoms with Gasteiger partial charge in [-0.05, 0) is 37.3 Å². The van der Waals surface area contributed by atoms with Gasteiger partial charge in [0.15, 0.2) is 6.10 Å². The van der Waals surface area contributed by atoms with Crippen molar-refractivity contribution in [2.75, 3.05) is 26.2 Å². The van der Waals surface area contributed by atoms with E-state index in [4.69, 9.17) is 27.9 Å². The molecule has 1 unspecified atom stereocenters. The molecule has 0 saturated carbocycles. The zero-order chi connectivity index (χ0) is 19.1. The van der Waals surface area contributed by atoms with Gasteiger partial charge in [-0.1, -0.05) is 23.2 Å². The van der Waals surface area contributed by atoms with E-state index in [0.717, 1.165) is 6.42 Å². The molecule has 1 aromatic carbocycles. The number of hydrogen-bond donors (Lipinski definition) is 1. The first-order valence-corrected chi connectivity index (χ1v) is 10.1. The molecule has 3 aliphatic heterocycles. The highest BCUT2D eigenvalue weighted by Gasteiger charge is 2.42. The van der Waals surface area contributed by atoms with Gasteiger partial charge in [-0.15, -0.1) is 0 Å². The third-order valence-electron chi connectivity index (χ3n) is 5.84. The minimum Gasteiger partial charge on any atom is -0.508 e. The summed E-state index contributed by atoms with van der Waals surface area (Å²) < 4.78 is 5.83. The predicted octanol–water partition coefficient (Wildman–Crippen LogP) is 2.79. The molecule has 3 atom stereocenters. The van der Waals surface area contributed by atoms with Gasteiger partial charge in [-0.2, -0.15) is 0 Å². The highest BCUT2D eigenvalue weighted by atomic mass is 35.5. The molecular formula is C19H22Cl2N2O4. The van der Waals surface area contributed by atoms with E-state index in [1.165, 1.54) is 0 Å². The van der Waals surface area contributed by atoms with Crippen molar-refractivity contribution in [3.8, 4) is 5.75 Å². The number of piperidine rings is 1. The van der Waals surface area contributed by atoms with Crippen LogP contribution in [0, 0.1) is 0 Å². The molecule has 4 rings (SSSR count). The Kier molecular flexibility index (Phi) is 5.23. The standard InChI is InChI=1S/C19H22Cl2N2O4/c20-13-3-4-14(24)17(18(13)21)11-5-7-23-12(8-11)10-27-15(19(23)26)9-22-6-1-2-16(22)25/h3-4,11-12,15,24H,1-2,5-10H2/t11-,12+,15?/m1/s1. The molecule has 3 aliphatic rings. The predicted molar refractivity (Wildman–Crippen MR) is 101 cm³/mol. The SMILES string of the molecule is O=C1CCCN1CC1OC[C@@H]2C[C@H](c3c(O)ccc(Cl)c3Cl)CCN2C1=O. The summed E-state index contributed by atoms with van der Waals surface area (Å²) in [6.45, 7) is 2.04. The highest BCUT2D eigenvalue weighted by molar-refractivity contribution is 6.42. The second kappa shape index (κ2) is 7.49. The Labute approximate surface area is 168 Å². The van der Waals surface area contributed by atoms with E-state index >= 15 is 0 Å². The van der Waals surface area contributed by atoms with Gasteiger partial charge < -0.3 is 19.6 Å². The van der Waals surface area contributed by atoms with E-state index in [9.17, 15) is 14.7 Å².